The summed E-state index contributed by atoms with van der Waals surface area (Å²) in [7, 11) is -2.51. The maximum Gasteiger partial charge on any atom is 0.264 e. The minimum Gasteiger partial charge on any atom is -0.476 e. The van der Waals surface area contributed by atoms with Crippen molar-refractivity contribution in [1.29, 1.82) is 0 Å². The van der Waals surface area contributed by atoms with Crippen molar-refractivity contribution < 1.29 is 22.3 Å². The number of para-hydroxylation sites is 2. The van der Waals surface area contributed by atoms with Crippen LogP contribution in [0.25, 0.3) is 0 Å². The second-order valence-electron chi connectivity index (χ2n) is 5.18. The van der Waals surface area contributed by atoms with Crippen molar-refractivity contribution in [1.82, 2.24) is 5.32 Å². The molecule has 0 aliphatic carbocycles. The second kappa shape index (κ2) is 6.12. The number of carbonyl (C=O) groups excluding carboxylic acids is 1. The first kappa shape index (κ1) is 16.3. The summed E-state index contributed by atoms with van der Waals surface area (Å²) in [5.41, 5.74) is 0.335. The molecule has 0 aromatic heterocycles. The zero-order valence-electron chi connectivity index (χ0n) is 12.8. The van der Waals surface area contributed by atoms with Crippen LogP contribution in [0.4, 0.5) is 10.1 Å². The molecule has 1 atom stereocenters. The molecule has 3 rings (SSSR count). The van der Waals surface area contributed by atoms with Crippen LogP contribution in [-0.2, 0) is 14.8 Å². The number of anilines is 1. The third kappa shape index (κ3) is 2.80. The number of sulfonamides is 1. The Balaban J connectivity index is 2.07. The molecule has 2 aromatic carbocycles. The van der Waals surface area contributed by atoms with Gasteiger partial charge >= 0.3 is 0 Å². The first-order chi connectivity index (χ1) is 11.4. The van der Waals surface area contributed by atoms with E-state index in [0.29, 0.717) is 11.4 Å². The van der Waals surface area contributed by atoms with Gasteiger partial charge in [-0.2, -0.15) is 0 Å². The molecule has 1 aliphatic heterocycles. The molecule has 0 saturated carbocycles. The average molecular weight is 350 g/mol. The topological polar surface area (TPSA) is 75.7 Å². The van der Waals surface area contributed by atoms with E-state index in [1.807, 2.05) is 0 Å². The summed E-state index contributed by atoms with van der Waals surface area (Å²) in [6.45, 7) is -0.170. The highest BCUT2D eigenvalue weighted by Crippen LogP contribution is 2.36. The molecule has 0 fully saturated rings. The quantitative estimate of drug-likeness (QED) is 0.911. The summed E-state index contributed by atoms with van der Waals surface area (Å²) in [6.07, 6.45) is -0.972. The summed E-state index contributed by atoms with van der Waals surface area (Å²) in [5.74, 6) is -0.661. The molecule has 126 valence electrons. The molecule has 2 aromatic rings. The monoisotopic (exact) mass is 350 g/mol. The number of ether oxygens (including phenoxy) is 1. The van der Waals surface area contributed by atoms with Gasteiger partial charge in [-0.3, -0.25) is 9.10 Å². The van der Waals surface area contributed by atoms with Crippen LogP contribution in [0.3, 0.4) is 0 Å². The normalized spacial score (nSPS) is 16.9. The number of rotatable bonds is 3. The second-order valence-corrected chi connectivity index (χ2v) is 7.04. The third-order valence-electron chi connectivity index (χ3n) is 3.68. The molecule has 0 bridgehead atoms. The summed E-state index contributed by atoms with van der Waals surface area (Å²) in [5, 5.41) is 2.45. The molecule has 0 radical (unpaired) electrons. The van der Waals surface area contributed by atoms with E-state index in [1.165, 1.54) is 19.2 Å². The fourth-order valence-electron chi connectivity index (χ4n) is 2.46. The van der Waals surface area contributed by atoms with E-state index in [1.54, 1.807) is 24.3 Å². The van der Waals surface area contributed by atoms with Crippen molar-refractivity contribution in [2.75, 3.05) is 17.9 Å². The Kier molecular flexibility index (Phi) is 4.15. The lowest BCUT2D eigenvalue weighted by Crippen LogP contribution is -2.50. The van der Waals surface area contributed by atoms with Crippen molar-refractivity contribution in [2.45, 2.75) is 11.0 Å². The fraction of sp³-hybridized carbons (Fsp3) is 0.188. The van der Waals surface area contributed by atoms with Gasteiger partial charge in [0.25, 0.3) is 15.9 Å². The van der Waals surface area contributed by atoms with Gasteiger partial charge in [0.2, 0.25) is 0 Å². The maximum atomic E-state index is 13.1. The summed E-state index contributed by atoms with van der Waals surface area (Å²) in [4.78, 5) is 11.9. The minimum atomic E-state index is -3.96. The number of likely N-dealkylation sites (N-methyl/N-ethyl adjacent to an activating group) is 1. The van der Waals surface area contributed by atoms with Crippen molar-refractivity contribution in [2.24, 2.45) is 0 Å². The highest BCUT2D eigenvalue weighted by Gasteiger charge is 2.37. The van der Waals surface area contributed by atoms with E-state index >= 15 is 0 Å². The largest absolute Gasteiger partial charge is 0.476 e. The van der Waals surface area contributed by atoms with Crippen LogP contribution in [0.15, 0.2) is 53.4 Å². The lowest BCUT2D eigenvalue weighted by Gasteiger charge is -2.34. The fourth-order valence-corrected chi connectivity index (χ4v) is 3.94. The number of nitrogens with zero attached hydrogens (tertiary/aromatic N) is 1. The molecule has 1 unspecified atom stereocenters. The number of halogens is 1. The lowest BCUT2D eigenvalue weighted by atomic mass is 10.2. The Morgan fingerprint density at radius 3 is 2.54 bits per heavy atom. The van der Waals surface area contributed by atoms with E-state index in [9.17, 15) is 17.6 Å². The van der Waals surface area contributed by atoms with Gasteiger partial charge in [0.1, 0.15) is 11.6 Å². The van der Waals surface area contributed by atoms with Gasteiger partial charge in [0.05, 0.1) is 17.1 Å². The number of fused-ring (bicyclic) bond motifs is 1. The van der Waals surface area contributed by atoms with Crippen LogP contribution in [-0.4, -0.2) is 34.0 Å². The summed E-state index contributed by atoms with van der Waals surface area (Å²) < 4.78 is 45.7. The highest BCUT2D eigenvalue weighted by molar-refractivity contribution is 7.92. The van der Waals surface area contributed by atoms with Crippen molar-refractivity contribution in [3.05, 3.63) is 54.3 Å². The SMILES string of the molecule is CNC(=O)C1CN(S(=O)(=O)c2ccc(F)cc2)c2ccccc2O1. The minimum absolute atomic E-state index is 0.0590. The average Bonchev–Trinajstić information content (AvgIpc) is 2.60. The molecule has 6 nitrogen and oxygen atoms in total. The van der Waals surface area contributed by atoms with Gasteiger partial charge in [0.15, 0.2) is 6.10 Å². The Bertz CT molecular complexity index is 868. The van der Waals surface area contributed by atoms with Crippen LogP contribution < -0.4 is 14.4 Å². The van der Waals surface area contributed by atoms with Gasteiger partial charge in [-0.1, -0.05) is 12.1 Å². The third-order valence-corrected chi connectivity index (χ3v) is 5.47. The van der Waals surface area contributed by atoms with E-state index in [-0.39, 0.29) is 11.4 Å². The van der Waals surface area contributed by atoms with Gasteiger partial charge in [-0.15, -0.1) is 0 Å². The van der Waals surface area contributed by atoms with E-state index in [4.69, 9.17) is 4.74 Å². The zero-order valence-corrected chi connectivity index (χ0v) is 13.6. The van der Waals surface area contributed by atoms with Crippen molar-refractivity contribution in [3.8, 4) is 5.75 Å². The molecule has 1 amide bonds. The lowest BCUT2D eigenvalue weighted by molar-refractivity contribution is -0.127. The van der Waals surface area contributed by atoms with E-state index in [2.05, 4.69) is 5.32 Å². The van der Waals surface area contributed by atoms with E-state index < -0.39 is 27.9 Å². The maximum absolute atomic E-state index is 13.1. The van der Waals surface area contributed by atoms with Crippen LogP contribution in [0.5, 0.6) is 5.75 Å². The summed E-state index contributed by atoms with van der Waals surface area (Å²) >= 11 is 0. The van der Waals surface area contributed by atoms with E-state index in [0.717, 1.165) is 16.4 Å². The molecule has 1 heterocycles. The predicted octanol–water partition coefficient (Wildman–Crippen LogP) is 1.53. The molecule has 1 N–H and O–H groups in total. The molecule has 0 saturated heterocycles. The number of nitrogens with one attached hydrogen (secondary N) is 1. The zero-order chi connectivity index (χ0) is 17.3. The standard InChI is InChI=1S/C16H15FN2O4S/c1-18-16(20)15-10-19(13-4-2-3-5-14(13)23-15)24(21,22)12-8-6-11(17)7-9-12/h2-9,15H,10H2,1H3,(H,18,20). The first-order valence-electron chi connectivity index (χ1n) is 7.19. The van der Waals surface area contributed by atoms with Gasteiger partial charge < -0.3 is 10.1 Å². The number of hydrogen-bond acceptors (Lipinski definition) is 4. The van der Waals surface area contributed by atoms with Crippen LogP contribution in [0.2, 0.25) is 0 Å². The molecular weight excluding hydrogens is 335 g/mol. The molecule has 1 aliphatic rings. The summed E-state index contributed by atoms with van der Waals surface area (Å²) in [6, 6.07) is 11.1. The highest BCUT2D eigenvalue weighted by atomic mass is 32.2. The number of carbonyl (C=O) groups is 1. The van der Waals surface area contributed by atoms with Crippen molar-refractivity contribution in [3.63, 3.8) is 0 Å². The Hall–Kier alpha value is -2.61. The van der Waals surface area contributed by atoms with Crippen LogP contribution in [0, 0.1) is 5.82 Å². The van der Waals surface area contributed by atoms with Gasteiger partial charge in [-0.05, 0) is 36.4 Å². The number of hydrogen-bond donors (Lipinski definition) is 1. The van der Waals surface area contributed by atoms with Crippen LogP contribution in [0.1, 0.15) is 0 Å². The number of amides is 1. The van der Waals surface area contributed by atoms with Crippen molar-refractivity contribution >= 4 is 21.6 Å². The van der Waals surface area contributed by atoms with Gasteiger partial charge in [0, 0.05) is 7.05 Å². The molecule has 8 heteroatoms. The van der Waals surface area contributed by atoms with Crippen LogP contribution >= 0.6 is 0 Å². The molecular formula is C16H15FN2O4S. The predicted molar refractivity (Wildman–Crippen MR) is 85.9 cm³/mol. The Labute approximate surface area is 138 Å². The Morgan fingerprint density at radius 2 is 1.88 bits per heavy atom. The molecule has 24 heavy (non-hydrogen) atoms. The smallest absolute Gasteiger partial charge is 0.264 e. The van der Waals surface area contributed by atoms with Gasteiger partial charge in [-0.25, -0.2) is 12.8 Å². The Morgan fingerprint density at radius 1 is 1.21 bits per heavy atom. The first-order valence-corrected chi connectivity index (χ1v) is 8.63. The molecule has 0 spiro atoms. The number of benzene rings is 2.